The molecule has 4 rings (SSSR count). The van der Waals surface area contributed by atoms with Crippen LogP contribution in [0.3, 0.4) is 0 Å². The van der Waals surface area contributed by atoms with E-state index in [2.05, 4.69) is 84.5 Å². The molecule has 1 aromatic rings. The molecule has 26 heavy (non-hydrogen) atoms. The van der Waals surface area contributed by atoms with E-state index in [0.29, 0.717) is 5.92 Å². The van der Waals surface area contributed by atoms with Crippen molar-refractivity contribution in [1.29, 1.82) is 0 Å². The molecule has 2 nitrogen and oxygen atoms in total. The molecule has 3 aliphatic rings. The van der Waals surface area contributed by atoms with Crippen molar-refractivity contribution in [2.45, 2.75) is 37.9 Å². The Morgan fingerprint density at radius 2 is 1.69 bits per heavy atom. The van der Waals surface area contributed by atoms with Crippen molar-refractivity contribution >= 4 is 8.24 Å². The number of allylic oxidation sites excluding steroid dienone is 4. The van der Waals surface area contributed by atoms with E-state index in [1.807, 2.05) is 0 Å². The summed E-state index contributed by atoms with van der Waals surface area (Å²) in [6.07, 6.45) is 11.0. The molecule has 2 aliphatic carbocycles. The van der Waals surface area contributed by atoms with E-state index in [1.165, 1.54) is 25.1 Å². The minimum Gasteiger partial charge on any atom is -0.321 e. The van der Waals surface area contributed by atoms with Crippen LogP contribution in [0.15, 0.2) is 54.6 Å². The SMILES string of the molecule is CC1CC2C(C=CC=C[C@H]2c2ccccc2)C1[Si](C)(C)N1CCNCC1. The number of hydrogen-bond acceptors (Lipinski definition) is 2. The number of piperazine rings is 1. The molecule has 1 saturated heterocycles. The number of rotatable bonds is 3. The third kappa shape index (κ3) is 3.26. The lowest BCUT2D eigenvalue weighted by Gasteiger charge is -2.47. The Hall–Kier alpha value is -1.16. The van der Waals surface area contributed by atoms with Crippen molar-refractivity contribution in [3.8, 4) is 0 Å². The quantitative estimate of drug-likeness (QED) is 0.784. The summed E-state index contributed by atoms with van der Waals surface area (Å²) in [7, 11) is -1.48. The first-order valence-corrected chi connectivity index (χ1v) is 13.5. The normalized spacial score (nSPS) is 35.3. The van der Waals surface area contributed by atoms with Gasteiger partial charge in [0.05, 0.1) is 0 Å². The Morgan fingerprint density at radius 1 is 1.00 bits per heavy atom. The molecule has 1 aromatic carbocycles. The fraction of sp³-hybridized carbons (Fsp3) is 0.565. The molecular weight excluding hydrogens is 332 g/mol. The van der Waals surface area contributed by atoms with Crippen LogP contribution in [0.25, 0.3) is 0 Å². The highest BCUT2D eigenvalue weighted by Crippen LogP contribution is 2.56. The number of fused-ring (bicyclic) bond motifs is 1. The van der Waals surface area contributed by atoms with Gasteiger partial charge in [-0.1, -0.05) is 74.7 Å². The standard InChI is InChI=1S/C23H34N2Si/c1-18-17-22-20(19-9-5-4-6-10-19)11-7-8-12-21(22)23(18)26(2,3)25-15-13-24-14-16-25/h4-12,18,20-24H,13-17H2,1-3H3/t18?,20-,21?,22?,23?/m0/s1. The highest BCUT2D eigenvalue weighted by atomic mass is 28.3. The monoisotopic (exact) mass is 366 g/mol. The first-order valence-electron chi connectivity index (χ1n) is 10.4. The summed E-state index contributed by atoms with van der Waals surface area (Å²) < 4.78 is 2.89. The van der Waals surface area contributed by atoms with Gasteiger partial charge in [0.1, 0.15) is 8.24 Å². The average Bonchev–Trinajstić information content (AvgIpc) is 2.86. The van der Waals surface area contributed by atoms with Crippen LogP contribution in [0.1, 0.15) is 24.8 Å². The Bertz CT molecular complexity index is 660. The molecule has 4 unspecified atom stereocenters. The second-order valence-corrected chi connectivity index (χ2v) is 13.7. The first kappa shape index (κ1) is 18.2. The van der Waals surface area contributed by atoms with Crippen molar-refractivity contribution in [1.82, 2.24) is 9.88 Å². The highest BCUT2D eigenvalue weighted by Gasteiger charge is 2.52. The van der Waals surface area contributed by atoms with Crippen LogP contribution in [0.2, 0.25) is 18.6 Å². The van der Waals surface area contributed by atoms with Gasteiger partial charge in [0.2, 0.25) is 0 Å². The summed E-state index contributed by atoms with van der Waals surface area (Å²) in [5.74, 6) is 2.87. The topological polar surface area (TPSA) is 15.3 Å². The second kappa shape index (κ2) is 7.45. The summed E-state index contributed by atoms with van der Waals surface area (Å²) in [6, 6.07) is 11.2. The molecule has 0 radical (unpaired) electrons. The Balaban J connectivity index is 1.64. The lowest BCUT2D eigenvalue weighted by molar-refractivity contribution is 0.338. The summed E-state index contributed by atoms with van der Waals surface area (Å²) in [5, 5.41) is 3.54. The van der Waals surface area contributed by atoms with Gasteiger partial charge in [-0.25, -0.2) is 0 Å². The Kier molecular flexibility index (Phi) is 5.22. The Labute approximate surface area is 160 Å². The fourth-order valence-corrected chi connectivity index (χ4v) is 10.8. The van der Waals surface area contributed by atoms with Crippen LogP contribution in [-0.2, 0) is 0 Å². The maximum Gasteiger partial charge on any atom is 0.126 e. The summed E-state index contributed by atoms with van der Waals surface area (Å²) in [4.78, 5) is 0. The van der Waals surface area contributed by atoms with Crippen molar-refractivity contribution in [3.05, 3.63) is 60.2 Å². The third-order valence-corrected chi connectivity index (χ3v) is 12.0. The smallest absolute Gasteiger partial charge is 0.126 e. The van der Waals surface area contributed by atoms with Crippen LogP contribution in [0.4, 0.5) is 0 Å². The lowest BCUT2D eigenvalue weighted by atomic mass is 9.80. The number of hydrogen-bond donors (Lipinski definition) is 1. The van der Waals surface area contributed by atoms with Gasteiger partial charge in [0.25, 0.3) is 0 Å². The van der Waals surface area contributed by atoms with Gasteiger partial charge in [-0.3, -0.25) is 0 Å². The summed E-state index contributed by atoms with van der Waals surface area (Å²) in [5.41, 5.74) is 2.35. The highest BCUT2D eigenvalue weighted by molar-refractivity contribution is 6.76. The van der Waals surface area contributed by atoms with Crippen LogP contribution in [-0.4, -0.2) is 39.0 Å². The van der Waals surface area contributed by atoms with Crippen molar-refractivity contribution in [2.24, 2.45) is 17.8 Å². The first-order chi connectivity index (χ1) is 12.6. The van der Waals surface area contributed by atoms with E-state index in [9.17, 15) is 0 Å². The molecule has 0 spiro atoms. The van der Waals surface area contributed by atoms with Crippen molar-refractivity contribution in [3.63, 3.8) is 0 Å². The zero-order valence-corrected chi connectivity index (χ0v) is 17.6. The molecule has 0 amide bonds. The minimum absolute atomic E-state index is 0.566. The number of nitrogens with zero attached hydrogens (tertiary/aromatic N) is 1. The van der Waals surface area contributed by atoms with Gasteiger partial charge in [-0.15, -0.1) is 0 Å². The van der Waals surface area contributed by atoms with Gasteiger partial charge in [-0.2, -0.15) is 0 Å². The second-order valence-electron chi connectivity index (χ2n) is 9.08. The van der Waals surface area contributed by atoms with Crippen molar-refractivity contribution in [2.75, 3.05) is 26.2 Å². The molecule has 1 aliphatic heterocycles. The molecule has 1 N–H and O–H groups in total. The van der Waals surface area contributed by atoms with E-state index >= 15 is 0 Å². The van der Waals surface area contributed by atoms with E-state index in [1.54, 1.807) is 0 Å². The lowest BCUT2D eigenvalue weighted by Crippen LogP contribution is -2.60. The Morgan fingerprint density at radius 3 is 2.42 bits per heavy atom. The van der Waals surface area contributed by atoms with E-state index < -0.39 is 8.24 Å². The molecule has 3 heteroatoms. The van der Waals surface area contributed by atoms with Crippen LogP contribution < -0.4 is 5.32 Å². The molecule has 5 atom stereocenters. The van der Waals surface area contributed by atoms with Crippen molar-refractivity contribution < 1.29 is 0 Å². The molecule has 140 valence electrons. The molecule has 0 bridgehead atoms. The number of benzene rings is 1. The molecular formula is C23H34N2Si. The molecule has 0 aromatic heterocycles. The minimum atomic E-state index is -1.48. The zero-order valence-electron chi connectivity index (χ0n) is 16.6. The van der Waals surface area contributed by atoms with Gasteiger partial charge in [-0.05, 0) is 35.3 Å². The summed E-state index contributed by atoms with van der Waals surface area (Å²) in [6.45, 7) is 12.6. The van der Waals surface area contributed by atoms with Gasteiger partial charge < -0.3 is 9.88 Å². The van der Waals surface area contributed by atoms with Crippen LogP contribution >= 0.6 is 0 Å². The molecule has 1 heterocycles. The third-order valence-electron chi connectivity index (χ3n) is 7.32. The number of nitrogens with one attached hydrogen (secondary N) is 1. The molecule has 1 saturated carbocycles. The van der Waals surface area contributed by atoms with Gasteiger partial charge in [0.15, 0.2) is 0 Å². The van der Waals surface area contributed by atoms with Gasteiger partial charge in [0, 0.05) is 32.1 Å². The van der Waals surface area contributed by atoms with Crippen LogP contribution in [0, 0.1) is 17.8 Å². The van der Waals surface area contributed by atoms with Crippen LogP contribution in [0.5, 0.6) is 0 Å². The average molecular weight is 367 g/mol. The van der Waals surface area contributed by atoms with E-state index in [0.717, 1.165) is 36.4 Å². The maximum absolute atomic E-state index is 3.54. The van der Waals surface area contributed by atoms with E-state index in [4.69, 9.17) is 0 Å². The summed E-state index contributed by atoms with van der Waals surface area (Å²) >= 11 is 0. The predicted octanol–water partition coefficient (Wildman–Crippen LogP) is 4.65. The largest absolute Gasteiger partial charge is 0.321 e. The molecule has 2 fully saturated rings. The van der Waals surface area contributed by atoms with Gasteiger partial charge >= 0.3 is 0 Å². The zero-order chi connectivity index (χ0) is 18.1. The maximum atomic E-state index is 3.54. The fourth-order valence-electron chi connectivity index (χ4n) is 6.20. The predicted molar refractivity (Wildman–Crippen MR) is 114 cm³/mol. The van der Waals surface area contributed by atoms with E-state index in [-0.39, 0.29) is 0 Å².